The summed E-state index contributed by atoms with van der Waals surface area (Å²) in [7, 11) is 0. The highest BCUT2D eigenvalue weighted by Crippen LogP contribution is 2.01. The maximum absolute atomic E-state index is 11.3. The number of halogens is 1. The Morgan fingerprint density at radius 2 is 2.00 bits per heavy atom. The van der Waals surface area contributed by atoms with Gasteiger partial charge in [0.2, 0.25) is 0 Å². The molecule has 0 spiro atoms. The second-order valence-corrected chi connectivity index (χ2v) is 3.62. The van der Waals surface area contributed by atoms with Crippen LogP contribution in [0, 0.1) is 0 Å². The first kappa shape index (κ1) is 10.5. The Morgan fingerprint density at radius 1 is 1.31 bits per heavy atom. The zero-order valence-corrected chi connectivity index (χ0v) is 9.36. The van der Waals surface area contributed by atoms with Crippen LogP contribution in [0.1, 0.15) is 16.8 Å². The number of rotatable bonds is 4. The summed E-state index contributed by atoms with van der Waals surface area (Å²) in [5, 5.41) is 0. The molecule has 1 aromatic rings. The van der Waals surface area contributed by atoms with Crippen molar-refractivity contribution in [2.45, 2.75) is 6.42 Å². The lowest BCUT2D eigenvalue weighted by molar-refractivity contribution is 0.0507. The van der Waals surface area contributed by atoms with Gasteiger partial charge in [0.25, 0.3) is 0 Å². The number of carbonyl (C=O) groups is 1. The van der Waals surface area contributed by atoms with Gasteiger partial charge >= 0.3 is 5.97 Å². The van der Waals surface area contributed by atoms with Gasteiger partial charge in [-0.2, -0.15) is 0 Å². The number of benzene rings is 1. The Morgan fingerprint density at radius 3 is 2.62 bits per heavy atom. The van der Waals surface area contributed by atoms with Crippen LogP contribution in [0.4, 0.5) is 0 Å². The summed E-state index contributed by atoms with van der Waals surface area (Å²) in [6, 6.07) is 9.05. The average Bonchev–Trinajstić information content (AvgIpc) is 2.19. The van der Waals surface area contributed by atoms with Gasteiger partial charge in [-0.1, -0.05) is 40.8 Å². The predicted octanol–water partition coefficient (Wildman–Crippen LogP) is 2.67. The second kappa shape index (κ2) is 5.96. The van der Waals surface area contributed by atoms with Crippen LogP contribution in [-0.2, 0) is 4.74 Å². The smallest absolute Gasteiger partial charge is 0.338 e. The molecule has 13 heavy (non-hydrogen) atoms. The van der Waals surface area contributed by atoms with E-state index < -0.39 is 0 Å². The minimum atomic E-state index is -0.231. The molecule has 0 radical (unpaired) electrons. The van der Waals surface area contributed by atoms with Crippen molar-refractivity contribution in [1.29, 1.82) is 0 Å². The van der Waals surface area contributed by atoms with Crippen molar-refractivity contribution in [2.75, 3.05) is 11.0 Å². The van der Waals surface area contributed by atoms with Gasteiger partial charge in [0.05, 0.1) is 12.2 Å². The third kappa shape index (κ3) is 3.76. The summed E-state index contributed by atoms with van der Waals surface area (Å²) in [5.74, 6) is -0.231. The summed E-state index contributed by atoms with van der Waals surface area (Å²) in [4.78, 5) is 11.3. The van der Waals surface area contributed by atoms with Gasteiger partial charge in [-0.15, -0.1) is 0 Å². The number of hydrogen-bond donors (Lipinski definition) is 0. The van der Waals surface area contributed by atoms with Crippen molar-refractivity contribution in [1.82, 2.24) is 0 Å². The van der Waals surface area contributed by atoms with E-state index in [1.807, 2.05) is 18.2 Å². The summed E-state index contributed by atoms with van der Waals surface area (Å²) in [5.41, 5.74) is 0.621. The van der Waals surface area contributed by atoms with Crippen LogP contribution in [-0.4, -0.2) is 17.0 Å². The van der Waals surface area contributed by atoms with E-state index >= 15 is 0 Å². The molecule has 0 bridgehead atoms. The van der Waals surface area contributed by atoms with Gasteiger partial charge in [0.15, 0.2) is 0 Å². The van der Waals surface area contributed by atoms with E-state index in [2.05, 4.69) is 22.6 Å². The van der Waals surface area contributed by atoms with Gasteiger partial charge in [-0.3, -0.25) is 0 Å². The first-order chi connectivity index (χ1) is 6.34. The molecule has 70 valence electrons. The van der Waals surface area contributed by atoms with Crippen molar-refractivity contribution in [3.63, 3.8) is 0 Å². The van der Waals surface area contributed by atoms with Crippen molar-refractivity contribution in [3.05, 3.63) is 35.9 Å². The fraction of sp³-hybridized carbons (Fsp3) is 0.300. The number of alkyl halides is 1. The molecular weight excluding hydrogens is 279 g/mol. The van der Waals surface area contributed by atoms with E-state index in [-0.39, 0.29) is 5.97 Å². The monoisotopic (exact) mass is 290 g/mol. The minimum absolute atomic E-state index is 0.231. The molecule has 0 atom stereocenters. The molecule has 0 N–H and O–H groups in total. The van der Waals surface area contributed by atoms with Crippen molar-refractivity contribution >= 4 is 28.6 Å². The van der Waals surface area contributed by atoms with Crippen molar-refractivity contribution in [2.24, 2.45) is 0 Å². The summed E-state index contributed by atoms with van der Waals surface area (Å²) >= 11 is 2.26. The fourth-order valence-corrected chi connectivity index (χ4v) is 1.19. The second-order valence-electron chi connectivity index (χ2n) is 2.54. The molecule has 0 aliphatic carbocycles. The molecule has 0 saturated carbocycles. The van der Waals surface area contributed by atoms with E-state index in [0.29, 0.717) is 12.2 Å². The lowest BCUT2D eigenvalue weighted by Crippen LogP contribution is -2.06. The lowest BCUT2D eigenvalue weighted by Gasteiger charge is -2.02. The highest BCUT2D eigenvalue weighted by molar-refractivity contribution is 14.1. The zero-order valence-electron chi connectivity index (χ0n) is 7.20. The molecular formula is C10H11IO2. The Labute approximate surface area is 91.4 Å². The molecule has 0 aliphatic rings. The summed E-state index contributed by atoms with van der Waals surface area (Å²) < 4.78 is 6.04. The minimum Gasteiger partial charge on any atom is -0.462 e. The topological polar surface area (TPSA) is 26.3 Å². The lowest BCUT2D eigenvalue weighted by atomic mass is 10.2. The molecule has 0 amide bonds. The van der Waals surface area contributed by atoms with E-state index in [0.717, 1.165) is 10.8 Å². The number of hydrogen-bond acceptors (Lipinski definition) is 2. The van der Waals surface area contributed by atoms with Crippen LogP contribution >= 0.6 is 22.6 Å². The van der Waals surface area contributed by atoms with E-state index in [1.54, 1.807) is 12.1 Å². The number of carbonyl (C=O) groups excluding carboxylic acids is 1. The van der Waals surface area contributed by atoms with Gasteiger partial charge in [-0.05, 0) is 18.6 Å². The van der Waals surface area contributed by atoms with Crippen molar-refractivity contribution in [3.8, 4) is 0 Å². The third-order valence-electron chi connectivity index (χ3n) is 1.52. The van der Waals surface area contributed by atoms with Crippen LogP contribution < -0.4 is 0 Å². The number of ether oxygens (including phenoxy) is 1. The highest BCUT2D eigenvalue weighted by atomic mass is 127. The molecule has 3 heteroatoms. The van der Waals surface area contributed by atoms with Crippen LogP contribution in [0.25, 0.3) is 0 Å². The molecule has 1 rings (SSSR count). The maximum atomic E-state index is 11.3. The molecule has 0 aliphatic heterocycles. The highest BCUT2D eigenvalue weighted by Gasteiger charge is 2.04. The summed E-state index contributed by atoms with van der Waals surface area (Å²) in [6.07, 6.45) is 0.916. The van der Waals surface area contributed by atoms with Crippen molar-refractivity contribution < 1.29 is 9.53 Å². The standard InChI is InChI=1S/C10H11IO2/c11-7-4-8-13-10(12)9-5-2-1-3-6-9/h1-3,5-6H,4,7-8H2. The quantitative estimate of drug-likeness (QED) is 0.369. The molecule has 0 heterocycles. The molecule has 0 fully saturated rings. The Bertz CT molecular complexity index is 259. The van der Waals surface area contributed by atoms with E-state index in [1.165, 1.54) is 0 Å². The average molecular weight is 290 g/mol. The Hall–Kier alpha value is -0.580. The molecule has 0 unspecified atom stereocenters. The van der Waals surface area contributed by atoms with Crippen LogP contribution in [0.3, 0.4) is 0 Å². The number of esters is 1. The normalized spacial score (nSPS) is 9.62. The molecule has 2 nitrogen and oxygen atoms in total. The fourth-order valence-electron chi connectivity index (χ4n) is 0.877. The van der Waals surface area contributed by atoms with E-state index in [4.69, 9.17) is 4.74 Å². The first-order valence-electron chi connectivity index (χ1n) is 4.12. The largest absolute Gasteiger partial charge is 0.462 e. The van der Waals surface area contributed by atoms with Gasteiger partial charge in [0.1, 0.15) is 0 Å². The van der Waals surface area contributed by atoms with Gasteiger partial charge in [0, 0.05) is 4.43 Å². The van der Waals surface area contributed by atoms with Gasteiger partial charge < -0.3 is 4.74 Å². The zero-order chi connectivity index (χ0) is 9.52. The van der Waals surface area contributed by atoms with Crippen LogP contribution in [0.5, 0.6) is 0 Å². The maximum Gasteiger partial charge on any atom is 0.338 e. The SMILES string of the molecule is O=C(OCCCI)c1ccccc1. The Balaban J connectivity index is 2.40. The third-order valence-corrected chi connectivity index (χ3v) is 2.28. The molecule has 0 aromatic heterocycles. The van der Waals surface area contributed by atoms with E-state index in [9.17, 15) is 4.79 Å². The van der Waals surface area contributed by atoms with Crippen LogP contribution in [0.15, 0.2) is 30.3 Å². The predicted molar refractivity (Wildman–Crippen MR) is 60.2 cm³/mol. The van der Waals surface area contributed by atoms with Crippen LogP contribution in [0.2, 0.25) is 0 Å². The first-order valence-corrected chi connectivity index (χ1v) is 5.65. The summed E-state index contributed by atoms with van der Waals surface area (Å²) in [6.45, 7) is 0.511. The van der Waals surface area contributed by atoms with Gasteiger partial charge in [-0.25, -0.2) is 4.79 Å². The Kier molecular flexibility index (Phi) is 4.82. The molecule has 1 aromatic carbocycles. The molecule has 0 saturated heterocycles.